The average Bonchev–Trinajstić information content (AvgIpc) is 3.25. The van der Waals surface area contributed by atoms with Gasteiger partial charge in [-0.1, -0.05) is 45.8 Å². The van der Waals surface area contributed by atoms with Gasteiger partial charge in [-0.3, -0.25) is 14.4 Å². The number of fused-ring (bicyclic) bond motifs is 3. The van der Waals surface area contributed by atoms with Gasteiger partial charge in [-0.25, -0.2) is 9.18 Å². The molecule has 3 fully saturated rings. The van der Waals surface area contributed by atoms with E-state index in [1.54, 1.807) is 40.9 Å². The fraction of sp³-hybridized carbons (Fsp3) is 0.787. The first-order valence-corrected chi connectivity index (χ1v) is 22.1. The summed E-state index contributed by atoms with van der Waals surface area (Å²) in [5, 5.41) is 12.0. The number of carbonyl (C=O) groups is 4. The van der Waals surface area contributed by atoms with Crippen LogP contribution in [-0.2, 0) is 47.6 Å². The molecule has 0 spiro atoms. The number of ether oxygens (including phenoxy) is 6. The Balaban J connectivity index is 1.73. The van der Waals surface area contributed by atoms with Crippen LogP contribution < -0.4 is 0 Å². The predicted molar refractivity (Wildman–Crippen MR) is 224 cm³/mol. The Hall–Kier alpha value is -2.99. The van der Waals surface area contributed by atoms with Gasteiger partial charge in [0.1, 0.15) is 36.8 Å². The highest BCUT2D eigenvalue weighted by molar-refractivity contribution is 6.39. The van der Waals surface area contributed by atoms with Crippen LogP contribution in [0.4, 0.5) is 4.39 Å². The standard InChI is InChI=1S/C47H72FNO11/c1-11-13-22-58-37-20-18-33(27-38(37)55-8)23-31(6)42-28(3)17-19-36(50)34(12-2)24-29(4)41(48)30(5)25-39(56-9)43-40(57-10)26-32(7)47(54,60-43)44(51)45(52)49-21-15-14-16-35(49)46(53)59-42/h23-24,28,30,32-35,37-43,54H,12,14-22,25-27H2,1-10H3. The van der Waals surface area contributed by atoms with Gasteiger partial charge < -0.3 is 38.4 Å². The van der Waals surface area contributed by atoms with Crippen LogP contribution in [0.1, 0.15) is 119 Å². The summed E-state index contributed by atoms with van der Waals surface area (Å²) < 4.78 is 52.3. The Morgan fingerprint density at radius 1 is 0.950 bits per heavy atom. The molecule has 2 saturated heterocycles. The van der Waals surface area contributed by atoms with Gasteiger partial charge in [0.2, 0.25) is 5.79 Å². The van der Waals surface area contributed by atoms with Crippen molar-refractivity contribution in [1.82, 2.24) is 4.90 Å². The molecule has 2 bridgehead atoms. The molecule has 1 saturated carbocycles. The minimum atomic E-state index is -2.56. The number of ketones is 2. The normalized spacial score (nSPS) is 38.5. The van der Waals surface area contributed by atoms with E-state index in [0.29, 0.717) is 44.3 Å². The van der Waals surface area contributed by atoms with Crippen molar-refractivity contribution in [3.05, 3.63) is 23.3 Å². The Morgan fingerprint density at radius 2 is 1.63 bits per heavy atom. The van der Waals surface area contributed by atoms with E-state index < -0.39 is 77.8 Å². The molecule has 12 nitrogen and oxygen atoms in total. The lowest BCUT2D eigenvalue weighted by molar-refractivity contribution is -0.302. The lowest BCUT2D eigenvalue weighted by Gasteiger charge is -2.47. The van der Waals surface area contributed by atoms with E-state index >= 15 is 4.39 Å². The number of halogens is 1. The van der Waals surface area contributed by atoms with Crippen LogP contribution in [-0.4, -0.2) is 123 Å². The molecule has 3 aliphatic heterocycles. The van der Waals surface area contributed by atoms with Gasteiger partial charge in [-0.15, -0.1) is 5.92 Å². The second-order valence-corrected chi connectivity index (χ2v) is 17.7. The smallest absolute Gasteiger partial charge is 0.329 e. The molecular weight excluding hydrogens is 774 g/mol. The topological polar surface area (TPSA) is 147 Å². The van der Waals surface area contributed by atoms with E-state index in [1.165, 1.54) is 19.1 Å². The zero-order valence-corrected chi connectivity index (χ0v) is 37.7. The van der Waals surface area contributed by atoms with Gasteiger partial charge in [0.15, 0.2) is 0 Å². The molecule has 338 valence electrons. The van der Waals surface area contributed by atoms with Crippen LogP contribution in [0.15, 0.2) is 23.3 Å². The van der Waals surface area contributed by atoms with Crippen molar-refractivity contribution in [2.24, 2.45) is 29.6 Å². The number of cyclic esters (lactones) is 1. The number of methoxy groups -OCH3 is 3. The van der Waals surface area contributed by atoms with Crippen LogP contribution in [0.25, 0.3) is 0 Å². The number of nitrogens with zero attached hydrogens (tertiary/aromatic N) is 1. The van der Waals surface area contributed by atoms with Crippen molar-refractivity contribution in [3.8, 4) is 11.8 Å². The monoisotopic (exact) mass is 846 g/mol. The average molecular weight is 846 g/mol. The molecule has 1 amide bonds. The number of rotatable bonds is 8. The molecule has 14 unspecified atom stereocenters. The van der Waals surface area contributed by atoms with Crippen LogP contribution in [0, 0.1) is 41.4 Å². The number of hydrogen-bond donors (Lipinski definition) is 1. The SMILES string of the molecule is CC#CCOC1CCC(C=C(C)C2OC(=O)C3CCCCN3C(=O)C(=O)C3(O)OC(C(OC)CC(C)C(F)C(C)=CC(CC)C(=O)CCC2C)C(OC)CC3C)CC1OC. The van der Waals surface area contributed by atoms with E-state index in [1.807, 2.05) is 20.8 Å². The lowest BCUT2D eigenvalue weighted by Crippen LogP contribution is -2.64. The highest BCUT2D eigenvalue weighted by Gasteiger charge is 2.56. The third kappa shape index (κ3) is 11.9. The minimum Gasteiger partial charge on any atom is -0.456 e. The molecule has 0 aromatic rings. The molecule has 14 atom stereocenters. The van der Waals surface area contributed by atoms with Gasteiger partial charge in [-0.2, -0.15) is 0 Å². The zero-order valence-electron chi connectivity index (χ0n) is 37.7. The molecule has 4 aliphatic rings. The van der Waals surface area contributed by atoms with Crippen molar-refractivity contribution in [3.63, 3.8) is 0 Å². The summed E-state index contributed by atoms with van der Waals surface area (Å²) in [6, 6.07) is -1.08. The number of hydrogen-bond acceptors (Lipinski definition) is 11. The Kier molecular flexibility index (Phi) is 19.0. The van der Waals surface area contributed by atoms with Crippen LogP contribution in [0.5, 0.6) is 0 Å². The first-order valence-electron chi connectivity index (χ1n) is 22.1. The minimum absolute atomic E-state index is 0.0283. The highest BCUT2D eigenvalue weighted by Crippen LogP contribution is 2.39. The molecule has 0 radical (unpaired) electrons. The van der Waals surface area contributed by atoms with Crippen molar-refractivity contribution in [2.75, 3.05) is 34.5 Å². The van der Waals surface area contributed by atoms with Gasteiger partial charge >= 0.3 is 5.97 Å². The fourth-order valence-electron chi connectivity index (χ4n) is 9.69. The Labute approximate surface area is 357 Å². The summed E-state index contributed by atoms with van der Waals surface area (Å²) in [6.45, 7) is 13.0. The molecule has 60 heavy (non-hydrogen) atoms. The molecular formula is C47H72FNO11. The van der Waals surface area contributed by atoms with E-state index in [2.05, 4.69) is 17.9 Å². The first-order chi connectivity index (χ1) is 28.5. The van der Waals surface area contributed by atoms with E-state index in [-0.39, 0.29) is 62.1 Å². The summed E-state index contributed by atoms with van der Waals surface area (Å²) >= 11 is 0. The van der Waals surface area contributed by atoms with Gasteiger partial charge in [-0.05, 0) is 114 Å². The third-order valence-corrected chi connectivity index (χ3v) is 13.5. The molecule has 1 N–H and O–H groups in total. The second kappa shape index (κ2) is 22.9. The van der Waals surface area contributed by atoms with Crippen LogP contribution in [0.2, 0.25) is 0 Å². The second-order valence-electron chi connectivity index (χ2n) is 17.7. The Bertz CT molecular complexity index is 1600. The highest BCUT2D eigenvalue weighted by atomic mass is 19.1. The number of piperidine rings is 1. The van der Waals surface area contributed by atoms with Crippen LogP contribution >= 0.6 is 0 Å². The number of carbonyl (C=O) groups excluding carboxylic acids is 4. The summed E-state index contributed by atoms with van der Waals surface area (Å²) in [5.74, 6) is -1.88. The molecule has 4 rings (SSSR count). The lowest BCUT2D eigenvalue weighted by atomic mass is 9.81. The summed E-state index contributed by atoms with van der Waals surface area (Å²) in [4.78, 5) is 57.9. The number of aliphatic hydroxyl groups is 1. The van der Waals surface area contributed by atoms with Gasteiger partial charge in [0, 0.05) is 46.1 Å². The van der Waals surface area contributed by atoms with Crippen molar-refractivity contribution in [2.45, 2.75) is 174 Å². The summed E-state index contributed by atoms with van der Waals surface area (Å²) in [6.07, 6.45) is 3.98. The number of Topliss-reactive ketones (excluding diaryl/α,β-unsaturated/α-hetero) is 2. The molecule has 3 heterocycles. The number of alkyl halides is 1. The van der Waals surface area contributed by atoms with Crippen molar-refractivity contribution >= 4 is 23.4 Å². The number of esters is 1. The number of allylic oxidation sites excluding steroid dienone is 3. The largest absolute Gasteiger partial charge is 0.456 e. The molecule has 0 aromatic carbocycles. The fourth-order valence-corrected chi connectivity index (χ4v) is 9.69. The zero-order chi connectivity index (χ0) is 44.3. The van der Waals surface area contributed by atoms with Gasteiger partial charge in [0.25, 0.3) is 11.7 Å². The van der Waals surface area contributed by atoms with Gasteiger partial charge in [0.05, 0.1) is 24.4 Å². The quantitative estimate of drug-likeness (QED) is 0.124. The van der Waals surface area contributed by atoms with Crippen LogP contribution in [0.3, 0.4) is 0 Å². The maximum atomic E-state index is 16.2. The van der Waals surface area contributed by atoms with E-state index in [4.69, 9.17) is 28.4 Å². The third-order valence-electron chi connectivity index (χ3n) is 13.5. The van der Waals surface area contributed by atoms with E-state index in [9.17, 15) is 24.3 Å². The molecule has 1 aliphatic carbocycles. The summed E-state index contributed by atoms with van der Waals surface area (Å²) in [5.41, 5.74) is 1.23. The summed E-state index contributed by atoms with van der Waals surface area (Å²) in [7, 11) is 4.60. The van der Waals surface area contributed by atoms with Crippen molar-refractivity contribution in [1.29, 1.82) is 0 Å². The molecule has 0 aromatic heterocycles. The number of amides is 1. The predicted octanol–water partition coefficient (Wildman–Crippen LogP) is 6.50. The maximum absolute atomic E-state index is 16.2. The van der Waals surface area contributed by atoms with Crippen molar-refractivity contribution < 1.29 is 57.1 Å². The maximum Gasteiger partial charge on any atom is 0.329 e. The Morgan fingerprint density at radius 3 is 2.28 bits per heavy atom. The first kappa shape index (κ1) is 49.7. The van der Waals surface area contributed by atoms with E-state index in [0.717, 1.165) is 18.4 Å². The molecule has 13 heteroatoms.